The lowest BCUT2D eigenvalue weighted by Crippen LogP contribution is -2.44. The number of imide groups is 1. The molecule has 1 aromatic carbocycles. The molecule has 9 heteroatoms. The van der Waals surface area contributed by atoms with Crippen LogP contribution in [-0.2, 0) is 19.1 Å². The smallest absolute Gasteiger partial charge is 0.325 e. The topological polar surface area (TPSA) is 105 Å². The molecule has 1 aliphatic carbocycles. The molecule has 1 saturated carbocycles. The molecule has 0 aromatic heterocycles. The highest BCUT2D eigenvalue weighted by atomic mass is 19.1. The van der Waals surface area contributed by atoms with E-state index in [1.165, 1.54) is 25.1 Å². The average molecular weight is 391 g/mol. The molecule has 1 atom stereocenters. The molecule has 150 valence electrons. The maximum Gasteiger partial charge on any atom is 0.325 e. The van der Waals surface area contributed by atoms with Gasteiger partial charge in [0.2, 0.25) is 0 Å². The first-order valence-corrected chi connectivity index (χ1v) is 9.21. The number of amides is 4. The lowest BCUT2D eigenvalue weighted by Gasteiger charge is -2.20. The molecule has 2 aliphatic rings. The van der Waals surface area contributed by atoms with E-state index >= 15 is 0 Å². The van der Waals surface area contributed by atoms with E-state index < -0.39 is 35.4 Å². The van der Waals surface area contributed by atoms with Crippen LogP contribution in [0.5, 0.6) is 0 Å². The predicted molar refractivity (Wildman–Crippen MR) is 96.6 cm³/mol. The monoisotopic (exact) mass is 391 g/mol. The van der Waals surface area contributed by atoms with E-state index in [9.17, 15) is 23.6 Å². The Kier molecular flexibility index (Phi) is 5.62. The van der Waals surface area contributed by atoms with E-state index in [1.807, 2.05) is 0 Å². The quantitative estimate of drug-likeness (QED) is 0.570. The normalized spacial score (nSPS) is 18.9. The number of ether oxygens (including phenoxy) is 1. The summed E-state index contributed by atoms with van der Waals surface area (Å²) >= 11 is 0. The van der Waals surface area contributed by atoms with Gasteiger partial charge in [-0.25, -0.2) is 9.18 Å². The van der Waals surface area contributed by atoms with Crippen LogP contribution >= 0.6 is 0 Å². The first-order chi connectivity index (χ1) is 13.3. The fourth-order valence-electron chi connectivity index (χ4n) is 3.52. The largest absolute Gasteiger partial charge is 0.452 e. The summed E-state index contributed by atoms with van der Waals surface area (Å²) in [7, 11) is 0. The van der Waals surface area contributed by atoms with Crippen LogP contribution in [0.3, 0.4) is 0 Å². The Morgan fingerprint density at radius 2 is 2.04 bits per heavy atom. The van der Waals surface area contributed by atoms with Crippen LogP contribution in [0.15, 0.2) is 24.3 Å². The van der Waals surface area contributed by atoms with Gasteiger partial charge in [0.1, 0.15) is 11.4 Å². The Bertz CT molecular complexity index is 807. The number of benzene rings is 1. The minimum atomic E-state index is -1.11. The Labute approximate surface area is 161 Å². The molecular formula is C19H22FN3O5. The number of esters is 1. The van der Waals surface area contributed by atoms with Gasteiger partial charge in [0.25, 0.3) is 11.8 Å². The molecule has 4 amide bonds. The second-order valence-electron chi connectivity index (χ2n) is 7.06. The number of urea groups is 1. The van der Waals surface area contributed by atoms with E-state index in [0.29, 0.717) is 12.8 Å². The van der Waals surface area contributed by atoms with Crippen LogP contribution in [0, 0.1) is 5.82 Å². The molecule has 0 unspecified atom stereocenters. The lowest BCUT2D eigenvalue weighted by atomic mass is 9.98. The van der Waals surface area contributed by atoms with E-state index in [1.54, 1.807) is 0 Å². The van der Waals surface area contributed by atoms with E-state index in [0.717, 1.165) is 23.8 Å². The SMILES string of the molecule is C[C@H](OC(=O)CCN1C(=O)NC2(CCCC2)C1=O)C(=O)Nc1cccc(F)c1. The Morgan fingerprint density at radius 3 is 2.71 bits per heavy atom. The fraction of sp³-hybridized carbons (Fsp3) is 0.474. The third kappa shape index (κ3) is 4.13. The Morgan fingerprint density at radius 1 is 1.32 bits per heavy atom. The molecule has 1 spiro atoms. The number of rotatable bonds is 6. The van der Waals surface area contributed by atoms with Crippen molar-refractivity contribution in [2.45, 2.75) is 50.7 Å². The van der Waals surface area contributed by atoms with Crippen LogP contribution in [-0.4, -0.2) is 46.9 Å². The van der Waals surface area contributed by atoms with Crippen molar-refractivity contribution < 1.29 is 28.3 Å². The molecular weight excluding hydrogens is 369 g/mol. The van der Waals surface area contributed by atoms with Gasteiger partial charge < -0.3 is 15.4 Å². The van der Waals surface area contributed by atoms with Crippen LogP contribution in [0.2, 0.25) is 0 Å². The van der Waals surface area contributed by atoms with E-state index in [4.69, 9.17) is 4.74 Å². The molecule has 0 radical (unpaired) electrons. The molecule has 1 heterocycles. The van der Waals surface area contributed by atoms with Gasteiger partial charge in [-0.05, 0) is 38.0 Å². The number of carbonyl (C=O) groups excluding carboxylic acids is 4. The average Bonchev–Trinajstić information content (AvgIpc) is 3.19. The lowest BCUT2D eigenvalue weighted by molar-refractivity contribution is -0.153. The third-order valence-electron chi connectivity index (χ3n) is 5.01. The van der Waals surface area contributed by atoms with Gasteiger partial charge in [-0.2, -0.15) is 0 Å². The molecule has 28 heavy (non-hydrogen) atoms. The Hall–Kier alpha value is -2.97. The van der Waals surface area contributed by atoms with Gasteiger partial charge in [0.05, 0.1) is 6.42 Å². The zero-order valence-corrected chi connectivity index (χ0v) is 15.5. The van der Waals surface area contributed by atoms with Crippen molar-refractivity contribution in [2.75, 3.05) is 11.9 Å². The summed E-state index contributed by atoms with van der Waals surface area (Å²) in [6.45, 7) is 1.28. The zero-order chi connectivity index (χ0) is 20.3. The minimum absolute atomic E-state index is 0.108. The van der Waals surface area contributed by atoms with Gasteiger partial charge in [-0.3, -0.25) is 19.3 Å². The fourth-order valence-corrected chi connectivity index (χ4v) is 3.52. The molecule has 2 fully saturated rings. The van der Waals surface area contributed by atoms with Crippen LogP contribution in [0.4, 0.5) is 14.9 Å². The van der Waals surface area contributed by atoms with Crippen molar-refractivity contribution in [3.05, 3.63) is 30.1 Å². The molecule has 8 nitrogen and oxygen atoms in total. The van der Waals surface area contributed by atoms with Gasteiger partial charge in [0.15, 0.2) is 6.10 Å². The van der Waals surface area contributed by atoms with Crippen molar-refractivity contribution in [2.24, 2.45) is 0 Å². The summed E-state index contributed by atoms with van der Waals surface area (Å²) in [4.78, 5) is 49.7. The molecule has 2 N–H and O–H groups in total. The summed E-state index contributed by atoms with van der Waals surface area (Å²) in [5.74, 6) is -2.13. The highest BCUT2D eigenvalue weighted by Gasteiger charge is 2.52. The van der Waals surface area contributed by atoms with Gasteiger partial charge in [0, 0.05) is 12.2 Å². The molecule has 1 saturated heterocycles. The van der Waals surface area contributed by atoms with Crippen molar-refractivity contribution in [3.8, 4) is 0 Å². The molecule has 0 bridgehead atoms. The van der Waals surface area contributed by atoms with Crippen molar-refractivity contribution in [3.63, 3.8) is 0 Å². The predicted octanol–water partition coefficient (Wildman–Crippen LogP) is 1.95. The molecule has 1 aromatic rings. The summed E-state index contributed by atoms with van der Waals surface area (Å²) in [5.41, 5.74) is -0.576. The highest BCUT2D eigenvalue weighted by Crippen LogP contribution is 2.35. The number of halogens is 1. The standard InChI is InChI=1S/C19H22FN3O5/c1-12(16(25)21-14-6-4-5-13(20)11-14)28-15(24)7-10-23-17(26)19(22-18(23)27)8-2-3-9-19/h4-6,11-12H,2-3,7-10H2,1H3,(H,21,25)(H,22,27)/t12-/m0/s1. The van der Waals surface area contributed by atoms with Crippen molar-refractivity contribution >= 4 is 29.5 Å². The minimum Gasteiger partial charge on any atom is -0.452 e. The van der Waals surface area contributed by atoms with Crippen LogP contribution in [0.1, 0.15) is 39.0 Å². The Balaban J connectivity index is 1.48. The number of carbonyl (C=O) groups is 4. The first-order valence-electron chi connectivity index (χ1n) is 9.21. The maximum absolute atomic E-state index is 13.1. The highest BCUT2D eigenvalue weighted by molar-refractivity contribution is 6.07. The first kappa shape index (κ1) is 19.8. The number of anilines is 1. The number of hydrogen-bond acceptors (Lipinski definition) is 5. The molecule has 1 aliphatic heterocycles. The summed E-state index contributed by atoms with van der Waals surface area (Å²) < 4.78 is 18.2. The summed E-state index contributed by atoms with van der Waals surface area (Å²) in [5, 5.41) is 5.18. The van der Waals surface area contributed by atoms with Crippen LogP contribution < -0.4 is 10.6 Å². The summed E-state index contributed by atoms with van der Waals surface area (Å²) in [6, 6.07) is 4.83. The number of nitrogens with zero attached hydrogens (tertiary/aromatic N) is 1. The summed E-state index contributed by atoms with van der Waals surface area (Å²) in [6.07, 6.45) is 1.64. The van der Waals surface area contributed by atoms with Gasteiger partial charge in [-0.15, -0.1) is 0 Å². The second kappa shape index (κ2) is 7.95. The van der Waals surface area contributed by atoms with Gasteiger partial charge >= 0.3 is 12.0 Å². The van der Waals surface area contributed by atoms with E-state index in [-0.39, 0.29) is 24.6 Å². The van der Waals surface area contributed by atoms with Gasteiger partial charge in [-0.1, -0.05) is 18.9 Å². The van der Waals surface area contributed by atoms with E-state index in [2.05, 4.69) is 10.6 Å². The van der Waals surface area contributed by atoms with Crippen molar-refractivity contribution in [1.82, 2.24) is 10.2 Å². The molecule has 3 rings (SSSR count). The second-order valence-corrected chi connectivity index (χ2v) is 7.06. The van der Waals surface area contributed by atoms with Crippen molar-refractivity contribution in [1.29, 1.82) is 0 Å². The third-order valence-corrected chi connectivity index (χ3v) is 5.01. The zero-order valence-electron chi connectivity index (χ0n) is 15.5. The van der Waals surface area contributed by atoms with Crippen LogP contribution in [0.25, 0.3) is 0 Å². The number of hydrogen-bond donors (Lipinski definition) is 2. The maximum atomic E-state index is 13.1. The number of nitrogens with one attached hydrogen (secondary N) is 2.